The second-order valence-corrected chi connectivity index (χ2v) is 6.13. The first-order valence-corrected chi connectivity index (χ1v) is 8.28. The molecule has 120 valence electrons. The van der Waals surface area contributed by atoms with Crippen LogP contribution in [0, 0.1) is 0 Å². The fourth-order valence-corrected chi connectivity index (χ4v) is 2.84. The summed E-state index contributed by atoms with van der Waals surface area (Å²) in [7, 11) is 0. The molecule has 0 unspecified atom stereocenters. The lowest BCUT2D eigenvalue weighted by molar-refractivity contribution is -0.114. The van der Waals surface area contributed by atoms with Crippen molar-refractivity contribution in [2.75, 3.05) is 10.6 Å². The van der Waals surface area contributed by atoms with Crippen LogP contribution >= 0.6 is 15.9 Å². The second kappa shape index (κ2) is 7.27. The second-order valence-electron chi connectivity index (χ2n) is 5.27. The van der Waals surface area contributed by atoms with E-state index in [1.165, 1.54) is 6.92 Å². The number of aromatic nitrogens is 1. The van der Waals surface area contributed by atoms with Crippen molar-refractivity contribution in [1.29, 1.82) is 0 Å². The van der Waals surface area contributed by atoms with E-state index >= 15 is 0 Å². The van der Waals surface area contributed by atoms with E-state index < -0.39 is 0 Å². The van der Waals surface area contributed by atoms with Gasteiger partial charge in [-0.3, -0.25) is 4.79 Å². The summed E-state index contributed by atoms with van der Waals surface area (Å²) < 4.78 is 1.00. The predicted octanol–water partition coefficient (Wildman–Crippen LogP) is 5.21. The number of pyridine rings is 1. The van der Waals surface area contributed by atoms with Gasteiger partial charge in [0.2, 0.25) is 5.91 Å². The van der Waals surface area contributed by atoms with Crippen LogP contribution in [0.1, 0.15) is 6.92 Å². The lowest BCUT2D eigenvalue weighted by Gasteiger charge is -2.10. The monoisotopic (exact) mass is 381 g/mol. The number of rotatable bonds is 4. The molecule has 1 amide bonds. The summed E-state index contributed by atoms with van der Waals surface area (Å²) in [6.45, 7) is 1.49. The molecule has 4 nitrogen and oxygen atoms in total. The van der Waals surface area contributed by atoms with Gasteiger partial charge in [0.15, 0.2) is 0 Å². The van der Waals surface area contributed by atoms with E-state index in [1.54, 1.807) is 0 Å². The van der Waals surface area contributed by atoms with Crippen LogP contribution in [-0.2, 0) is 4.79 Å². The van der Waals surface area contributed by atoms with Crippen LogP contribution in [0.25, 0.3) is 11.3 Å². The van der Waals surface area contributed by atoms with Gasteiger partial charge in [-0.05, 0) is 36.4 Å². The van der Waals surface area contributed by atoms with Crippen molar-refractivity contribution in [2.24, 2.45) is 0 Å². The number of benzene rings is 2. The lowest BCUT2D eigenvalue weighted by Crippen LogP contribution is -2.05. The van der Waals surface area contributed by atoms with Crippen molar-refractivity contribution in [3.05, 3.63) is 71.2 Å². The van der Waals surface area contributed by atoms with Gasteiger partial charge in [-0.15, -0.1) is 0 Å². The molecule has 0 aliphatic rings. The number of nitrogens with zero attached hydrogens (tertiary/aromatic N) is 1. The van der Waals surface area contributed by atoms with Crippen molar-refractivity contribution >= 4 is 39.0 Å². The van der Waals surface area contributed by atoms with Gasteiger partial charge in [-0.1, -0.05) is 46.3 Å². The van der Waals surface area contributed by atoms with E-state index in [0.717, 1.165) is 32.9 Å². The number of hydrogen-bond donors (Lipinski definition) is 2. The number of amides is 1. The molecule has 0 spiro atoms. The van der Waals surface area contributed by atoms with Gasteiger partial charge in [0.1, 0.15) is 5.82 Å². The summed E-state index contributed by atoms with van der Waals surface area (Å²) in [5.41, 5.74) is 3.52. The molecule has 3 rings (SSSR count). The first-order chi connectivity index (χ1) is 11.6. The van der Waals surface area contributed by atoms with Gasteiger partial charge in [0.05, 0.1) is 5.69 Å². The fraction of sp³-hybridized carbons (Fsp3) is 0.0526. The standard InChI is InChI=1S/C19H16BrN3O/c1-13(24)21-14-6-4-7-15(12-14)22-19-11-5-10-18(23-19)16-8-2-3-9-17(16)20/h2-12H,1H3,(H,21,24)(H,22,23). The third-order valence-corrected chi connectivity index (χ3v) is 4.05. The molecule has 0 bridgehead atoms. The molecule has 2 N–H and O–H groups in total. The minimum atomic E-state index is -0.0961. The Hall–Kier alpha value is -2.66. The van der Waals surface area contributed by atoms with Gasteiger partial charge >= 0.3 is 0 Å². The Balaban J connectivity index is 1.85. The SMILES string of the molecule is CC(=O)Nc1cccc(Nc2cccc(-c3ccccc3Br)n2)c1. The Morgan fingerprint density at radius 2 is 1.71 bits per heavy atom. The summed E-state index contributed by atoms with van der Waals surface area (Å²) in [5, 5.41) is 6.04. The average molecular weight is 382 g/mol. The van der Waals surface area contributed by atoms with Crippen LogP contribution < -0.4 is 10.6 Å². The molecule has 5 heteroatoms. The maximum Gasteiger partial charge on any atom is 0.221 e. The number of carbonyl (C=O) groups excluding carboxylic acids is 1. The van der Waals surface area contributed by atoms with Crippen LogP contribution in [0.5, 0.6) is 0 Å². The van der Waals surface area contributed by atoms with Crippen molar-refractivity contribution in [3.63, 3.8) is 0 Å². The third-order valence-electron chi connectivity index (χ3n) is 3.35. The fourth-order valence-electron chi connectivity index (χ4n) is 2.35. The van der Waals surface area contributed by atoms with Crippen LogP contribution in [0.4, 0.5) is 17.2 Å². The summed E-state index contributed by atoms with van der Waals surface area (Å²) in [4.78, 5) is 15.8. The normalized spacial score (nSPS) is 10.2. The lowest BCUT2D eigenvalue weighted by atomic mass is 10.1. The zero-order valence-electron chi connectivity index (χ0n) is 13.1. The molecule has 0 aliphatic heterocycles. The van der Waals surface area contributed by atoms with Gasteiger partial charge in [0.25, 0.3) is 0 Å². The molecule has 3 aromatic rings. The Labute approximate surface area is 149 Å². The van der Waals surface area contributed by atoms with Crippen LogP contribution in [0.2, 0.25) is 0 Å². The van der Waals surface area contributed by atoms with E-state index in [2.05, 4.69) is 31.5 Å². The van der Waals surface area contributed by atoms with Crippen molar-refractivity contribution in [3.8, 4) is 11.3 Å². The maximum atomic E-state index is 11.2. The smallest absolute Gasteiger partial charge is 0.221 e. The minimum absolute atomic E-state index is 0.0961. The van der Waals surface area contributed by atoms with Crippen LogP contribution in [-0.4, -0.2) is 10.9 Å². The maximum absolute atomic E-state index is 11.2. The van der Waals surface area contributed by atoms with Gasteiger partial charge in [-0.2, -0.15) is 0 Å². The van der Waals surface area contributed by atoms with E-state index in [4.69, 9.17) is 0 Å². The van der Waals surface area contributed by atoms with Gasteiger partial charge in [-0.25, -0.2) is 4.98 Å². The predicted molar refractivity (Wildman–Crippen MR) is 101 cm³/mol. The molecule has 0 saturated carbocycles. The van der Waals surface area contributed by atoms with E-state index in [1.807, 2.05) is 66.7 Å². The highest BCUT2D eigenvalue weighted by Gasteiger charge is 2.05. The number of nitrogens with one attached hydrogen (secondary N) is 2. The zero-order valence-corrected chi connectivity index (χ0v) is 14.7. The highest BCUT2D eigenvalue weighted by molar-refractivity contribution is 9.10. The van der Waals surface area contributed by atoms with E-state index in [9.17, 15) is 4.79 Å². The molecule has 2 aromatic carbocycles. The molecule has 0 aliphatic carbocycles. The van der Waals surface area contributed by atoms with E-state index in [-0.39, 0.29) is 5.91 Å². The number of carbonyl (C=O) groups is 1. The van der Waals surface area contributed by atoms with E-state index in [0.29, 0.717) is 0 Å². The minimum Gasteiger partial charge on any atom is -0.340 e. The first-order valence-electron chi connectivity index (χ1n) is 7.48. The topological polar surface area (TPSA) is 54.0 Å². The highest BCUT2D eigenvalue weighted by atomic mass is 79.9. The number of halogens is 1. The zero-order chi connectivity index (χ0) is 16.9. The van der Waals surface area contributed by atoms with Crippen molar-refractivity contribution in [2.45, 2.75) is 6.92 Å². The molecular formula is C19H16BrN3O. The summed E-state index contributed by atoms with van der Waals surface area (Å²) >= 11 is 3.56. The molecule has 1 heterocycles. The third kappa shape index (κ3) is 4.00. The average Bonchev–Trinajstić information content (AvgIpc) is 2.55. The van der Waals surface area contributed by atoms with Crippen molar-refractivity contribution < 1.29 is 4.79 Å². The number of hydrogen-bond acceptors (Lipinski definition) is 3. The summed E-state index contributed by atoms with van der Waals surface area (Å²) in [6.07, 6.45) is 0. The van der Waals surface area contributed by atoms with Crippen LogP contribution in [0.15, 0.2) is 71.2 Å². The molecule has 24 heavy (non-hydrogen) atoms. The largest absolute Gasteiger partial charge is 0.340 e. The first kappa shape index (κ1) is 16.2. The van der Waals surface area contributed by atoms with Crippen molar-refractivity contribution in [1.82, 2.24) is 4.98 Å². The quantitative estimate of drug-likeness (QED) is 0.651. The molecule has 1 aromatic heterocycles. The summed E-state index contributed by atoms with van der Waals surface area (Å²) in [6, 6.07) is 21.3. The Morgan fingerprint density at radius 1 is 0.958 bits per heavy atom. The van der Waals surface area contributed by atoms with Crippen LogP contribution in [0.3, 0.4) is 0 Å². The summed E-state index contributed by atoms with van der Waals surface area (Å²) in [5.74, 6) is 0.643. The molecule has 0 radical (unpaired) electrons. The number of anilines is 3. The molecular weight excluding hydrogens is 366 g/mol. The Bertz CT molecular complexity index is 880. The van der Waals surface area contributed by atoms with Gasteiger partial charge < -0.3 is 10.6 Å². The Morgan fingerprint density at radius 3 is 2.50 bits per heavy atom. The van der Waals surface area contributed by atoms with Gasteiger partial charge in [0, 0.05) is 28.3 Å². The molecule has 0 fully saturated rings. The highest BCUT2D eigenvalue weighted by Crippen LogP contribution is 2.28. The molecule has 0 saturated heterocycles. The molecule has 0 atom stereocenters. The Kier molecular flexibility index (Phi) is 4.91.